The van der Waals surface area contributed by atoms with E-state index in [-0.39, 0.29) is 30.1 Å². The van der Waals surface area contributed by atoms with E-state index in [9.17, 15) is 9.36 Å². The lowest BCUT2D eigenvalue weighted by molar-refractivity contribution is -0.140. The summed E-state index contributed by atoms with van der Waals surface area (Å²) in [6, 6.07) is 7.78. The van der Waals surface area contributed by atoms with Gasteiger partial charge in [-0.3, -0.25) is 9.36 Å². The molecule has 6 nitrogen and oxygen atoms in total. The third kappa shape index (κ3) is 6.15. The summed E-state index contributed by atoms with van der Waals surface area (Å²) in [7, 11) is -4.07. The average molecular weight is 408 g/mol. The number of carbonyl (C=O) groups excluding carboxylic acids is 1. The molecular weight excluding hydrogens is 375 g/mol. The van der Waals surface area contributed by atoms with Crippen LogP contribution in [0.2, 0.25) is 0 Å². The number of hydrogen-bond acceptors (Lipinski definition) is 3. The molecule has 0 bridgehead atoms. The van der Waals surface area contributed by atoms with Crippen LogP contribution in [-0.4, -0.2) is 32.7 Å². The molecule has 2 saturated carbocycles. The first-order valence-corrected chi connectivity index (χ1v) is 12.3. The first kappa shape index (κ1) is 21.5. The van der Waals surface area contributed by atoms with Gasteiger partial charge in [0.25, 0.3) is 0 Å². The zero-order valence-electron chi connectivity index (χ0n) is 16.5. The van der Waals surface area contributed by atoms with E-state index in [4.69, 9.17) is 15.5 Å². The van der Waals surface area contributed by atoms with E-state index in [1.54, 1.807) is 12.1 Å². The van der Waals surface area contributed by atoms with Gasteiger partial charge in [-0.25, -0.2) is 0 Å². The highest BCUT2D eigenvalue weighted by Crippen LogP contribution is 2.39. The maximum absolute atomic E-state index is 13.3. The predicted octanol–water partition coefficient (Wildman–Crippen LogP) is 3.54. The number of nitrogens with two attached hydrogens (primary N) is 1. The lowest BCUT2D eigenvalue weighted by Gasteiger charge is -2.39. The van der Waals surface area contributed by atoms with Gasteiger partial charge in [-0.05, 0) is 49.7 Å². The van der Waals surface area contributed by atoms with E-state index in [0.29, 0.717) is 12.1 Å². The molecule has 0 unspecified atom stereocenters. The Morgan fingerprint density at radius 3 is 2.11 bits per heavy atom. The third-order valence-electron chi connectivity index (χ3n) is 6.18. The van der Waals surface area contributed by atoms with Crippen molar-refractivity contribution < 1.29 is 19.1 Å². The van der Waals surface area contributed by atoms with Crippen molar-refractivity contribution in [1.82, 2.24) is 4.90 Å². The van der Waals surface area contributed by atoms with Crippen molar-refractivity contribution in [2.24, 2.45) is 11.7 Å². The van der Waals surface area contributed by atoms with E-state index in [1.807, 2.05) is 12.1 Å². The van der Waals surface area contributed by atoms with Gasteiger partial charge in [0.1, 0.15) is 0 Å². The fourth-order valence-corrected chi connectivity index (χ4v) is 5.26. The number of carbonyl (C=O) groups is 1. The Bertz CT molecular complexity index is 689. The molecule has 0 saturated heterocycles. The van der Waals surface area contributed by atoms with Crippen LogP contribution in [0.15, 0.2) is 24.3 Å². The SMILES string of the molecule is NC1CCC(N(Cc2ccc(CP(=O)(O)O)cc2)C(=O)C2CCCCC2)CC1. The van der Waals surface area contributed by atoms with Crippen LogP contribution < -0.4 is 5.73 Å². The molecule has 2 aliphatic rings. The fourth-order valence-electron chi connectivity index (χ4n) is 4.57. The van der Waals surface area contributed by atoms with Crippen LogP contribution in [0.25, 0.3) is 0 Å². The molecular formula is C21H33N2O4P. The fraction of sp³-hybridized carbons (Fsp3) is 0.667. The zero-order valence-corrected chi connectivity index (χ0v) is 17.4. The number of nitrogens with zero attached hydrogens (tertiary/aromatic N) is 1. The molecule has 4 N–H and O–H groups in total. The van der Waals surface area contributed by atoms with Crippen LogP contribution in [0.5, 0.6) is 0 Å². The minimum atomic E-state index is -4.07. The molecule has 0 heterocycles. The molecule has 156 valence electrons. The number of rotatable bonds is 6. The average Bonchev–Trinajstić information content (AvgIpc) is 2.67. The zero-order chi connectivity index (χ0) is 20.1. The molecule has 1 aromatic rings. The normalized spacial score (nSPS) is 24.1. The first-order chi connectivity index (χ1) is 13.3. The highest BCUT2D eigenvalue weighted by molar-refractivity contribution is 7.50. The summed E-state index contributed by atoms with van der Waals surface area (Å²) in [4.78, 5) is 33.7. The maximum atomic E-state index is 13.3. The lowest BCUT2D eigenvalue weighted by atomic mass is 9.85. The van der Waals surface area contributed by atoms with E-state index in [0.717, 1.165) is 56.9 Å². The predicted molar refractivity (Wildman–Crippen MR) is 110 cm³/mol. The van der Waals surface area contributed by atoms with E-state index >= 15 is 0 Å². The topological polar surface area (TPSA) is 104 Å². The van der Waals surface area contributed by atoms with Crippen LogP contribution in [0.1, 0.15) is 68.9 Å². The molecule has 0 atom stereocenters. The molecule has 0 radical (unpaired) electrons. The molecule has 2 aliphatic carbocycles. The van der Waals surface area contributed by atoms with Gasteiger partial charge in [0, 0.05) is 24.5 Å². The Labute approximate surface area is 167 Å². The summed E-state index contributed by atoms with van der Waals surface area (Å²) in [5.41, 5.74) is 7.69. The Balaban J connectivity index is 1.72. The summed E-state index contributed by atoms with van der Waals surface area (Å²) >= 11 is 0. The Hall–Kier alpha value is -1.20. The Kier molecular flexibility index (Phi) is 7.32. The molecule has 0 aromatic heterocycles. The minimum absolute atomic E-state index is 0.137. The van der Waals surface area contributed by atoms with Crippen molar-refractivity contribution in [2.75, 3.05) is 0 Å². The number of amides is 1. The molecule has 7 heteroatoms. The van der Waals surface area contributed by atoms with Gasteiger partial charge in [0.05, 0.1) is 6.16 Å². The van der Waals surface area contributed by atoms with Gasteiger partial charge in [-0.15, -0.1) is 0 Å². The summed E-state index contributed by atoms with van der Waals surface area (Å²) in [5, 5.41) is 0. The van der Waals surface area contributed by atoms with Gasteiger partial charge in [-0.1, -0.05) is 43.5 Å². The van der Waals surface area contributed by atoms with Crippen molar-refractivity contribution in [3.05, 3.63) is 35.4 Å². The van der Waals surface area contributed by atoms with Gasteiger partial charge < -0.3 is 20.4 Å². The third-order valence-corrected chi connectivity index (χ3v) is 6.96. The smallest absolute Gasteiger partial charge is 0.329 e. The van der Waals surface area contributed by atoms with Gasteiger partial charge in [0.15, 0.2) is 0 Å². The van der Waals surface area contributed by atoms with Crippen molar-refractivity contribution in [3.8, 4) is 0 Å². The molecule has 3 rings (SSSR count). The second-order valence-electron chi connectivity index (χ2n) is 8.51. The van der Waals surface area contributed by atoms with E-state index in [1.165, 1.54) is 6.42 Å². The lowest BCUT2D eigenvalue weighted by Crippen LogP contribution is -2.46. The van der Waals surface area contributed by atoms with Crippen molar-refractivity contribution in [1.29, 1.82) is 0 Å². The van der Waals surface area contributed by atoms with Crippen LogP contribution >= 0.6 is 7.60 Å². The monoisotopic (exact) mass is 408 g/mol. The molecule has 28 heavy (non-hydrogen) atoms. The molecule has 1 amide bonds. The first-order valence-electron chi connectivity index (χ1n) is 10.5. The summed E-state index contributed by atoms with van der Waals surface area (Å²) < 4.78 is 11.2. The van der Waals surface area contributed by atoms with Crippen molar-refractivity contribution >= 4 is 13.5 Å². The van der Waals surface area contributed by atoms with Crippen LogP contribution in [0, 0.1) is 5.92 Å². The van der Waals surface area contributed by atoms with Crippen molar-refractivity contribution in [3.63, 3.8) is 0 Å². The minimum Gasteiger partial charge on any atom is -0.335 e. The van der Waals surface area contributed by atoms with E-state index < -0.39 is 7.60 Å². The summed E-state index contributed by atoms with van der Waals surface area (Å²) in [6.45, 7) is 0.561. The largest absolute Gasteiger partial charge is 0.335 e. The second kappa shape index (κ2) is 9.53. The standard InChI is InChI=1S/C21H33N2O4P/c22-19-10-12-20(13-11-19)23(21(24)18-4-2-1-3-5-18)14-16-6-8-17(9-7-16)15-28(25,26)27/h6-9,18-20H,1-5,10-15,22H2,(H2,25,26,27). The quantitative estimate of drug-likeness (QED) is 0.625. The molecule has 2 fully saturated rings. The van der Waals surface area contributed by atoms with E-state index in [2.05, 4.69) is 4.90 Å². The second-order valence-corrected chi connectivity index (χ2v) is 10.2. The van der Waals surface area contributed by atoms with Crippen LogP contribution in [0.3, 0.4) is 0 Å². The van der Waals surface area contributed by atoms with Gasteiger partial charge >= 0.3 is 7.60 Å². The molecule has 0 spiro atoms. The summed E-state index contributed by atoms with van der Waals surface area (Å²) in [6.07, 6.45) is 9.05. The number of benzene rings is 1. The van der Waals surface area contributed by atoms with Crippen LogP contribution in [0.4, 0.5) is 0 Å². The highest BCUT2D eigenvalue weighted by Gasteiger charge is 2.32. The molecule has 1 aromatic carbocycles. The maximum Gasteiger partial charge on any atom is 0.329 e. The number of hydrogen-bond donors (Lipinski definition) is 3. The molecule has 0 aliphatic heterocycles. The van der Waals surface area contributed by atoms with Crippen molar-refractivity contribution in [2.45, 2.75) is 82.6 Å². The Morgan fingerprint density at radius 2 is 1.54 bits per heavy atom. The van der Waals surface area contributed by atoms with Crippen LogP contribution in [-0.2, 0) is 22.1 Å². The van der Waals surface area contributed by atoms with Gasteiger partial charge in [-0.2, -0.15) is 0 Å². The summed E-state index contributed by atoms with van der Waals surface area (Å²) in [5.74, 6) is 0.415. The Morgan fingerprint density at radius 1 is 0.964 bits per heavy atom. The van der Waals surface area contributed by atoms with Gasteiger partial charge in [0.2, 0.25) is 5.91 Å². The highest BCUT2D eigenvalue weighted by atomic mass is 31.2.